The number of benzene rings is 1. The summed E-state index contributed by atoms with van der Waals surface area (Å²) in [7, 11) is 0. The predicted octanol–water partition coefficient (Wildman–Crippen LogP) is 6.41. The Bertz CT molecular complexity index is 373. The zero-order chi connectivity index (χ0) is 18.6. The Balaban J connectivity index is 0. The van der Waals surface area contributed by atoms with E-state index in [9.17, 15) is 0 Å². The summed E-state index contributed by atoms with van der Waals surface area (Å²) in [6.45, 7) is 10.7. The predicted molar refractivity (Wildman–Crippen MR) is 104 cm³/mol. The van der Waals surface area contributed by atoms with E-state index in [1.807, 2.05) is 27.7 Å². The Morgan fingerprint density at radius 1 is 0.917 bits per heavy atom. The summed E-state index contributed by atoms with van der Waals surface area (Å²) < 4.78 is 5.50. The minimum Gasteiger partial charge on any atom is -0.493 e. The minimum atomic E-state index is -0.250. The number of hydrogen-bond donors (Lipinski definition) is 1. The quantitative estimate of drug-likeness (QED) is 0.556. The van der Waals surface area contributed by atoms with Crippen molar-refractivity contribution in [1.29, 1.82) is 0 Å². The Hall–Kier alpha value is -1.51. The highest BCUT2D eigenvalue weighted by Crippen LogP contribution is 2.25. The molecule has 0 amide bonds. The van der Waals surface area contributed by atoms with Crippen molar-refractivity contribution in [2.75, 3.05) is 6.61 Å². The Morgan fingerprint density at radius 2 is 1.38 bits per heavy atom. The normalized spacial score (nSPS) is 14.0. The zero-order valence-electron chi connectivity index (χ0n) is 16.4. The summed E-state index contributed by atoms with van der Waals surface area (Å²) in [5, 5.41) is 6.89. The summed E-state index contributed by atoms with van der Waals surface area (Å²) in [5.41, 5.74) is 2.65. The van der Waals surface area contributed by atoms with Crippen LogP contribution in [0.4, 0.5) is 0 Å². The molecule has 2 aliphatic rings. The van der Waals surface area contributed by atoms with Crippen LogP contribution >= 0.6 is 0 Å². The molecule has 3 nitrogen and oxygen atoms in total. The van der Waals surface area contributed by atoms with E-state index >= 15 is 0 Å². The van der Waals surface area contributed by atoms with E-state index < -0.39 is 0 Å². The first kappa shape index (κ1) is 24.7. The van der Waals surface area contributed by atoms with Crippen molar-refractivity contribution in [2.24, 2.45) is 0 Å². The molecule has 3 heteroatoms. The lowest BCUT2D eigenvalue weighted by molar-refractivity contribution is -0.122. The fourth-order valence-corrected chi connectivity index (χ4v) is 2.51. The number of hydrogen-bond acceptors (Lipinski definition) is 2. The van der Waals surface area contributed by atoms with Crippen LogP contribution in [-0.2, 0) is 11.2 Å². The molecule has 1 aromatic rings. The van der Waals surface area contributed by atoms with E-state index in [1.54, 1.807) is 0 Å². The lowest BCUT2D eigenvalue weighted by atomic mass is 10.0. The van der Waals surface area contributed by atoms with Crippen molar-refractivity contribution < 1.29 is 14.6 Å². The van der Waals surface area contributed by atoms with Gasteiger partial charge in [-0.1, -0.05) is 78.4 Å². The highest BCUT2D eigenvalue weighted by molar-refractivity contribution is 5.38. The van der Waals surface area contributed by atoms with Crippen LogP contribution in [0.2, 0.25) is 0 Å². The molecule has 1 saturated carbocycles. The molecule has 0 bridgehead atoms. The van der Waals surface area contributed by atoms with Crippen LogP contribution < -0.4 is 4.74 Å². The highest BCUT2D eigenvalue weighted by Gasteiger charge is 2.08. The summed E-state index contributed by atoms with van der Waals surface area (Å²) >= 11 is 0. The molecule has 0 unspecified atom stereocenters. The standard InChI is InChI=1S/C10H12O.C6H12.2C2H6.CH2O2/c1-8-4-5-9-3-2-6-11-10(9)7-8;1-2-4-6-5-3-1;2*1-2;2-1-3/h4-5,7H,2-3,6H2,1H3;1-6H2;2*1-2H3;1H,(H,2,3). The fraction of sp³-hybridized carbons (Fsp3) is 0.667. The summed E-state index contributed by atoms with van der Waals surface area (Å²) in [6.07, 6.45) is 11.3. The van der Waals surface area contributed by atoms with E-state index in [0.717, 1.165) is 18.8 Å². The molecule has 140 valence electrons. The van der Waals surface area contributed by atoms with Crippen molar-refractivity contribution in [2.45, 2.75) is 86.0 Å². The van der Waals surface area contributed by atoms with Gasteiger partial charge in [-0.15, -0.1) is 0 Å². The van der Waals surface area contributed by atoms with Gasteiger partial charge in [0, 0.05) is 0 Å². The molecule has 0 saturated heterocycles. The lowest BCUT2D eigenvalue weighted by Gasteiger charge is -2.16. The van der Waals surface area contributed by atoms with Gasteiger partial charge in [-0.2, -0.15) is 0 Å². The topological polar surface area (TPSA) is 46.5 Å². The monoisotopic (exact) mass is 338 g/mol. The molecular formula is C21H38O3. The molecule has 0 atom stereocenters. The van der Waals surface area contributed by atoms with E-state index in [1.165, 1.54) is 56.1 Å². The van der Waals surface area contributed by atoms with Crippen molar-refractivity contribution in [3.8, 4) is 5.75 Å². The second kappa shape index (κ2) is 19.5. The largest absolute Gasteiger partial charge is 0.493 e. The molecule has 1 heterocycles. The maximum Gasteiger partial charge on any atom is 0.290 e. The van der Waals surface area contributed by atoms with Crippen LogP contribution in [-0.4, -0.2) is 18.2 Å². The second-order valence-corrected chi connectivity index (χ2v) is 5.29. The van der Waals surface area contributed by atoms with Crippen LogP contribution in [0.1, 0.15) is 83.8 Å². The first-order valence-electron chi connectivity index (χ1n) is 9.58. The molecule has 0 radical (unpaired) electrons. The summed E-state index contributed by atoms with van der Waals surface area (Å²) in [6, 6.07) is 6.44. The average Bonchev–Trinajstić information content (AvgIpc) is 2.67. The second-order valence-electron chi connectivity index (χ2n) is 5.29. The first-order valence-corrected chi connectivity index (χ1v) is 9.58. The lowest BCUT2D eigenvalue weighted by Crippen LogP contribution is -2.07. The number of fused-ring (bicyclic) bond motifs is 1. The number of carboxylic acid groups (broad SMARTS) is 1. The molecule has 1 aromatic carbocycles. The third-order valence-corrected chi connectivity index (χ3v) is 3.57. The Kier molecular flexibility index (Phi) is 20.1. The maximum absolute atomic E-state index is 8.36. The van der Waals surface area contributed by atoms with Crippen LogP contribution in [0.25, 0.3) is 0 Å². The number of rotatable bonds is 0. The maximum atomic E-state index is 8.36. The first-order chi connectivity index (χ1) is 11.8. The molecule has 0 aromatic heterocycles. The molecule has 1 aliphatic carbocycles. The van der Waals surface area contributed by atoms with Gasteiger partial charge in [0.05, 0.1) is 6.61 Å². The van der Waals surface area contributed by atoms with E-state index in [0.29, 0.717) is 0 Å². The van der Waals surface area contributed by atoms with Crippen LogP contribution in [0, 0.1) is 6.92 Å². The molecular weight excluding hydrogens is 300 g/mol. The smallest absolute Gasteiger partial charge is 0.290 e. The average molecular weight is 339 g/mol. The molecule has 1 aliphatic heterocycles. The SMILES string of the molecule is C1CCCCC1.CC.CC.Cc1ccc2c(c1)OCCC2.O=CO. The van der Waals surface area contributed by atoms with E-state index in [4.69, 9.17) is 14.6 Å². The van der Waals surface area contributed by atoms with Gasteiger partial charge in [-0.3, -0.25) is 4.79 Å². The van der Waals surface area contributed by atoms with Gasteiger partial charge in [0.15, 0.2) is 0 Å². The van der Waals surface area contributed by atoms with E-state index in [2.05, 4.69) is 25.1 Å². The number of carbonyl (C=O) groups is 1. The van der Waals surface area contributed by atoms with Crippen molar-refractivity contribution in [3.05, 3.63) is 29.3 Å². The van der Waals surface area contributed by atoms with Crippen LogP contribution in [0.3, 0.4) is 0 Å². The third-order valence-electron chi connectivity index (χ3n) is 3.57. The molecule has 0 spiro atoms. The van der Waals surface area contributed by atoms with Gasteiger partial charge < -0.3 is 9.84 Å². The van der Waals surface area contributed by atoms with Crippen LogP contribution in [0.5, 0.6) is 5.75 Å². The zero-order valence-corrected chi connectivity index (χ0v) is 16.4. The van der Waals surface area contributed by atoms with Gasteiger partial charge in [0.25, 0.3) is 6.47 Å². The van der Waals surface area contributed by atoms with Gasteiger partial charge in [-0.25, -0.2) is 0 Å². The molecule has 1 N–H and O–H groups in total. The van der Waals surface area contributed by atoms with Crippen LogP contribution in [0.15, 0.2) is 18.2 Å². The highest BCUT2D eigenvalue weighted by atomic mass is 16.5. The van der Waals surface area contributed by atoms with Gasteiger partial charge in [0.1, 0.15) is 5.75 Å². The van der Waals surface area contributed by atoms with Crippen molar-refractivity contribution in [1.82, 2.24) is 0 Å². The van der Waals surface area contributed by atoms with E-state index in [-0.39, 0.29) is 6.47 Å². The molecule has 1 fully saturated rings. The molecule has 3 rings (SSSR count). The summed E-state index contributed by atoms with van der Waals surface area (Å²) in [4.78, 5) is 8.36. The van der Waals surface area contributed by atoms with Gasteiger partial charge >= 0.3 is 0 Å². The molecule has 24 heavy (non-hydrogen) atoms. The third kappa shape index (κ3) is 13.0. The Morgan fingerprint density at radius 3 is 1.83 bits per heavy atom. The Labute approximate surface area is 149 Å². The van der Waals surface area contributed by atoms with Gasteiger partial charge in [-0.05, 0) is 37.0 Å². The van der Waals surface area contributed by atoms with Gasteiger partial charge in [0.2, 0.25) is 0 Å². The van der Waals surface area contributed by atoms with Crippen molar-refractivity contribution >= 4 is 6.47 Å². The summed E-state index contributed by atoms with van der Waals surface area (Å²) in [5.74, 6) is 1.09. The minimum absolute atomic E-state index is 0.250. The fourth-order valence-electron chi connectivity index (χ4n) is 2.51. The number of ether oxygens (including phenoxy) is 1. The number of aryl methyl sites for hydroxylation is 2. The van der Waals surface area contributed by atoms with Crippen molar-refractivity contribution in [3.63, 3.8) is 0 Å².